The summed E-state index contributed by atoms with van der Waals surface area (Å²) in [6.07, 6.45) is 1.78. The van der Waals surface area contributed by atoms with E-state index in [2.05, 4.69) is 37.0 Å². The number of ether oxygens (including phenoxy) is 1. The van der Waals surface area contributed by atoms with E-state index in [1.165, 1.54) is 16.0 Å². The second-order valence-electron chi connectivity index (χ2n) is 5.34. The first kappa shape index (κ1) is 15.4. The summed E-state index contributed by atoms with van der Waals surface area (Å²) in [5, 5.41) is 0. The van der Waals surface area contributed by atoms with E-state index in [1.807, 2.05) is 36.4 Å². The normalized spacial score (nSPS) is 10.5. The molecule has 0 atom stereocenters. The third-order valence-electron chi connectivity index (χ3n) is 3.40. The Bertz CT molecular complexity index is 819. The van der Waals surface area contributed by atoms with E-state index >= 15 is 0 Å². The van der Waals surface area contributed by atoms with E-state index in [0.717, 1.165) is 10.6 Å². The summed E-state index contributed by atoms with van der Waals surface area (Å²) in [5.41, 5.74) is 8.42. The highest BCUT2D eigenvalue weighted by Crippen LogP contribution is 2.35. The summed E-state index contributed by atoms with van der Waals surface area (Å²) in [7, 11) is 0. The zero-order chi connectivity index (χ0) is 16.2. The molecule has 0 spiro atoms. The first-order chi connectivity index (χ1) is 11.1. The number of para-hydroxylation sites is 1. The van der Waals surface area contributed by atoms with Gasteiger partial charge in [-0.15, -0.1) is 0 Å². The molecule has 3 aromatic rings. The van der Waals surface area contributed by atoms with Gasteiger partial charge in [0.1, 0.15) is 5.75 Å². The van der Waals surface area contributed by atoms with Gasteiger partial charge in [-0.05, 0) is 43.2 Å². The van der Waals surface area contributed by atoms with Crippen LogP contribution in [0.5, 0.6) is 11.5 Å². The first-order valence-electron chi connectivity index (χ1n) is 7.35. The second-order valence-corrected chi connectivity index (χ2v) is 6.46. The summed E-state index contributed by atoms with van der Waals surface area (Å²) in [6, 6.07) is 17.9. The van der Waals surface area contributed by atoms with Crippen molar-refractivity contribution in [3.63, 3.8) is 0 Å². The summed E-state index contributed by atoms with van der Waals surface area (Å²) >= 11 is 1.66. The molecule has 0 radical (unpaired) electrons. The van der Waals surface area contributed by atoms with Crippen LogP contribution in [0.2, 0.25) is 0 Å². The predicted molar refractivity (Wildman–Crippen MR) is 95.2 cm³/mol. The van der Waals surface area contributed by atoms with Gasteiger partial charge in [0.15, 0.2) is 11.6 Å². The van der Waals surface area contributed by atoms with Crippen molar-refractivity contribution in [2.24, 2.45) is 0 Å². The minimum absolute atomic E-state index is 0.388. The molecule has 0 unspecified atom stereocenters. The number of nitrogen functional groups attached to an aromatic ring is 1. The average Bonchev–Trinajstić information content (AvgIpc) is 2.55. The largest absolute Gasteiger partial charge is 0.453 e. The fraction of sp³-hybridized carbons (Fsp3) is 0.105. The first-order valence-corrected chi connectivity index (χ1v) is 8.17. The topological polar surface area (TPSA) is 48.1 Å². The van der Waals surface area contributed by atoms with Gasteiger partial charge in [-0.2, -0.15) is 0 Å². The van der Waals surface area contributed by atoms with Gasteiger partial charge in [0, 0.05) is 22.1 Å². The zero-order valence-electron chi connectivity index (χ0n) is 13.1. The van der Waals surface area contributed by atoms with Gasteiger partial charge < -0.3 is 10.5 Å². The number of benzene rings is 2. The molecule has 0 saturated heterocycles. The predicted octanol–water partition coefficient (Wildman–Crippen LogP) is 5.22. The quantitative estimate of drug-likeness (QED) is 0.715. The van der Waals surface area contributed by atoms with Crippen molar-refractivity contribution in [3.05, 3.63) is 71.9 Å². The molecule has 23 heavy (non-hydrogen) atoms. The maximum Gasteiger partial charge on any atom is 0.170 e. The Morgan fingerprint density at radius 1 is 1.00 bits per heavy atom. The Kier molecular flexibility index (Phi) is 4.53. The third-order valence-corrected chi connectivity index (χ3v) is 4.52. The van der Waals surface area contributed by atoms with E-state index in [4.69, 9.17) is 10.5 Å². The summed E-state index contributed by atoms with van der Waals surface area (Å²) in [5.74, 6) is 1.71. The summed E-state index contributed by atoms with van der Waals surface area (Å²) in [4.78, 5) is 6.46. The molecule has 1 heterocycles. The molecule has 1 aromatic heterocycles. The van der Waals surface area contributed by atoms with E-state index in [0.29, 0.717) is 11.6 Å². The molecular formula is C19H18N2OS. The molecule has 0 aliphatic heterocycles. The van der Waals surface area contributed by atoms with E-state index < -0.39 is 0 Å². The lowest BCUT2D eigenvalue weighted by Crippen LogP contribution is -1.95. The summed E-state index contributed by atoms with van der Waals surface area (Å²) in [6.45, 7) is 4.20. The average molecular weight is 322 g/mol. The SMILES string of the molecule is Cc1ccc(C)c(Sc2cnc(N)c(Oc3ccccc3)c2)c1. The standard InChI is InChI=1S/C19H18N2OS/c1-13-8-9-14(2)18(10-13)23-16-11-17(19(20)21-12-16)22-15-6-4-3-5-7-15/h3-12H,1-2H3,(H2,20,21). The van der Waals surface area contributed by atoms with Crippen LogP contribution in [0.25, 0.3) is 0 Å². The Balaban J connectivity index is 1.87. The molecule has 0 aliphatic rings. The van der Waals surface area contributed by atoms with Crippen LogP contribution in [0.15, 0.2) is 70.6 Å². The highest BCUT2D eigenvalue weighted by atomic mass is 32.2. The van der Waals surface area contributed by atoms with Crippen LogP contribution in [0.3, 0.4) is 0 Å². The molecule has 4 heteroatoms. The number of pyridine rings is 1. The second kappa shape index (κ2) is 6.75. The van der Waals surface area contributed by atoms with Crippen LogP contribution in [-0.2, 0) is 0 Å². The minimum Gasteiger partial charge on any atom is -0.453 e. The minimum atomic E-state index is 0.388. The Morgan fingerprint density at radius 3 is 2.57 bits per heavy atom. The zero-order valence-corrected chi connectivity index (χ0v) is 13.9. The van der Waals surface area contributed by atoms with Crippen LogP contribution in [0.1, 0.15) is 11.1 Å². The fourth-order valence-corrected chi connectivity index (χ4v) is 3.13. The number of hydrogen-bond donors (Lipinski definition) is 1. The molecule has 0 fully saturated rings. The Hall–Kier alpha value is -2.46. The van der Waals surface area contributed by atoms with Crippen molar-refractivity contribution in [2.45, 2.75) is 23.6 Å². The molecule has 0 bridgehead atoms. The van der Waals surface area contributed by atoms with Crippen molar-refractivity contribution in [2.75, 3.05) is 5.73 Å². The number of anilines is 1. The van der Waals surface area contributed by atoms with E-state index in [1.54, 1.807) is 18.0 Å². The number of nitrogens with zero attached hydrogens (tertiary/aromatic N) is 1. The Morgan fingerprint density at radius 2 is 1.78 bits per heavy atom. The lowest BCUT2D eigenvalue weighted by Gasteiger charge is -2.11. The lowest BCUT2D eigenvalue weighted by molar-refractivity contribution is 0.481. The molecule has 2 N–H and O–H groups in total. The van der Waals surface area contributed by atoms with E-state index in [9.17, 15) is 0 Å². The number of nitrogens with two attached hydrogens (primary N) is 1. The molecular weight excluding hydrogens is 304 g/mol. The van der Waals surface area contributed by atoms with Gasteiger partial charge >= 0.3 is 0 Å². The van der Waals surface area contributed by atoms with E-state index in [-0.39, 0.29) is 0 Å². The summed E-state index contributed by atoms with van der Waals surface area (Å²) < 4.78 is 5.84. The molecule has 0 amide bonds. The van der Waals surface area contributed by atoms with Gasteiger partial charge in [0.2, 0.25) is 0 Å². The number of aromatic nitrogens is 1. The van der Waals surface area contributed by atoms with Crippen LogP contribution < -0.4 is 10.5 Å². The number of rotatable bonds is 4. The Labute approximate surface area is 140 Å². The lowest BCUT2D eigenvalue weighted by atomic mass is 10.2. The monoisotopic (exact) mass is 322 g/mol. The van der Waals surface area contributed by atoms with Crippen LogP contribution in [0, 0.1) is 13.8 Å². The van der Waals surface area contributed by atoms with Gasteiger partial charge in [0.05, 0.1) is 0 Å². The van der Waals surface area contributed by atoms with Crippen LogP contribution in [-0.4, -0.2) is 4.98 Å². The number of hydrogen-bond acceptors (Lipinski definition) is 4. The highest BCUT2D eigenvalue weighted by molar-refractivity contribution is 7.99. The molecule has 2 aromatic carbocycles. The van der Waals surface area contributed by atoms with Crippen LogP contribution in [0.4, 0.5) is 5.82 Å². The smallest absolute Gasteiger partial charge is 0.170 e. The van der Waals surface area contributed by atoms with Gasteiger partial charge in [0.25, 0.3) is 0 Å². The maximum atomic E-state index is 5.94. The van der Waals surface area contributed by atoms with Gasteiger partial charge in [-0.1, -0.05) is 42.1 Å². The van der Waals surface area contributed by atoms with Crippen LogP contribution >= 0.6 is 11.8 Å². The van der Waals surface area contributed by atoms with Gasteiger partial charge in [-0.3, -0.25) is 0 Å². The van der Waals surface area contributed by atoms with Crippen molar-refractivity contribution < 1.29 is 4.74 Å². The maximum absolute atomic E-state index is 5.94. The molecule has 3 rings (SSSR count). The number of aryl methyl sites for hydroxylation is 2. The molecule has 0 aliphatic carbocycles. The molecule has 3 nitrogen and oxygen atoms in total. The fourth-order valence-electron chi connectivity index (χ4n) is 2.13. The highest BCUT2D eigenvalue weighted by Gasteiger charge is 2.08. The van der Waals surface area contributed by atoms with Crippen molar-refractivity contribution in [1.82, 2.24) is 4.98 Å². The molecule has 0 saturated carbocycles. The van der Waals surface area contributed by atoms with Gasteiger partial charge in [-0.25, -0.2) is 4.98 Å². The van der Waals surface area contributed by atoms with Crippen molar-refractivity contribution in [1.29, 1.82) is 0 Å². The third kappa shape index (κ3) is 3.85. The van der Waals surface area contributed by atoms with Crippen molar-refractivity contribution in [3.8, 4) is 11.5 Å². The molecule has 116 valence electrons. The van der Waals surface area contributed by atoms with Crippen molar-refractivity contribution >= 4 is 17.6 Å².